The van der Waals surface area contributed by atoms with Crippen LogP contribution in [-0.2, 0) is 4.79 Å². The number of aliphatic hydroxyl groups is 3. The summed E-state index contributed by atoms with van der Waals surface area (Å²) in [5.41, 5.74) is -1.17. The number of carbonyl (C=O) groups excluding carboxylic acids is 1. The third-order valence-corrected chi connectivity index (χ3v) is 8.36. The summed E-state index contributed by atoms with van der Waals surface area (Å²) in [5, 5.41) is 31.5. The molecule has 0 unspecified atom stereocenters. The van der Waals surface area contributed by atoms with Gasteiger partial charge in [0.05, 0.1) is 12.2 Å². The summed E-state index contributed by atoms with van der Waals surface area (Å²) in [6.45, 7) is 4.18. The third kappa shape index (κ3) is 1.98. The monoisotopic (exact) mass is 344 g/mol. The molecular formula is C21H28O4. The van der Waals surface area contributed by atoms with Gasteiger partial charge in [-0.25, -0.2) is 0 Å². The Morgan fingerprint density at radius 2 is 1.92 bits per heavy atom. The van der Waals surface area contributed by atoms with Gasteiger partial charge < -0.3 is 15.3 Å². The Balaban J connectivity index is 1.78. The van der Waals surface area contributed by atoms with Crippen LogP contribution in [0.4, 0.5) is 0 Å². The molecule has 4 aliphatic rings. The van der Waals surface area contributed by atoms with Gasteiger partial charge in [0.2, 0.25) is 0 Å². The number of ketones is 1. The minimum absolute atomic E-state index is 0.0685. The van der Waals surface area contributed by atoms with Crippen molar-refractivity contribution in [2.24, 2.45) is 28.6 Å². The van der Waals surface area contributed by atoms with E-state index < -0.39 is 17.1 Å². The molecule has 136 valence electrons. The highest BCUT2D eigenvalue weighted by Crippen LogP contribution is 2.66. The lowest BCUT2D eigenvalue weighted by atomic mass is 9.46. The number of fused-ring (bicyclic) bond motifs is 5. The Labute approximate surface area is 149 Å². The standard InChI is InChI=1S/C21H28O4/c1-4-21(25)17(24)11-15-18-14(6-8-20(15,21)3)19(2)7-5-13(22)9-12(19)10-16(18)23/h1,10,13-15,17-18,22,24-25H,5-9,11H2,2-3H3/t13-,14+,15+,17-,18-,19+,20+,21+/m1/s1. The van der Waals surface area contributed by atoms with Crippen LogP contribution in [0.2, 0.25) is 0 Å². The van der Waals surface area contributed by atoms with E-state index in [9.17, 15) is 20.1 Å². The average molecular weight is 344 g/mol. The van der Waals surface area contributed by atoms with Gasteiger partial charge in [0.1, 0.15) is 0 Å². The molecule has 0 aliphatic heterocycles. The maximum absolute atomic E-state index is 13.1. The van der Waals surface area contributed by atoms with E-state index >= 15 is 0 Å². The minimum atomic E-state index is -1.56. The summed E-state index contributed by atoms with van der Waals surface area (Å²) in [7, 11) is 0. The van der Waals surface area contributed by atoms with E-state index in [0.29, 0.717) is 12.8 Å². The highest BCUT2D eigenvalue weighted by atomic mass is 16.3. The fourth-order valence-corrected chi connectivity index (χ4v) is 6.67. The van der Waals surface area contributed by atoms with Gasteiger partial charge in [-0.15, -0.1) is 6.42 Å². The molecule has 0 aromatic heterocycles. The fraction of sp³-hybridized carbons (Fsp3) is 0.762. The van der Waals surface area contributed by atoms with Crippen LogP contribution in [0, 0.1) is 40.9 Å². The van der Waals surface area contributed by atoms with Crippen molar-refractivity contribution in [3.8, 4) is 12.3 Å². The Hall–Kier alpha value is -1.15. The van der Waals surface area contributed by atoms with E-state index in [1.807, 2.05) is 6.92 Å². The number of rotatable bonds is 0. The number of terminal acetylenes is 1. The van der Waals surface area contributed by atoms with E-state index in [1.54, 1.807) is 6.08 Å². The SMILES string of the molecule is C#C[C@]1(O)[C@H](O)C[C@H]2[C@@H]3C(=O)C=C4C[C@H](O)CC[C@]4(C)[C@H]3CC[C@@]21C. The second-order valence-electron chi connectivity index (χ2n) is 9.24. The molecule has 0 radical (unpaired) electrons. The van der Waals surface area contributed by atoms with Gasteiger partial charge in [0.15, 0.2) is 11.4 Å². The highest BCUT2D eigenvalue weighted by Gasteiger charge is 2.68. The highest BCUT2D eigenvalue weighted by molar-refractivity contribution is 5.94. The predicted molar refractivity (Wildman–Crippen MR) is 93.3 cm³/mol. The summed E-state index contributed by atoms with van der Waals surface area (Å²) < 4.78 is 0. The van der Waals surface area contributed by atoms with Crippen LogP contribution in [-0.4, -0.2) is 38.9 Å². The molecule has 0 aromatic carbocycles. The van der Waals surface area contributed by atoms with E-state index in [2.05, 4.69) is 12.8 Å². The van der Waals surface area contributed by atoms with Gasteiger partial charge in [0.25, 0.3) is 0 Å². The van der Waals surface area contributed by atoms with Crippen molar-refractivity contribution in [3.63, 3.8) is 0 Å². The lowest BCUT2D eigenvalue weighted by Gasteiger charge is -2.57. The molecule has 4 rings (SSSR count). The van der Waals surface area contributed by atoms with Crippen molar-refractivity contribution in [2.45, 2.75) is 70.2 Å². The number of hydrogen-bond donors (Lipinski definition) is 3. The molecule has 4 nitrogen and oxygen atoms in total. The largest absolute Gasteiger partial charge is 0.393 e. The van der Waals surface area contributed by atoms with Crippen LogP contribution in [0.3, 0.4) is 0 Å². The summed E-state index contributed by atoms with van der Waals surface area (Å²) in [6.07, 6.45) is 10.2. The average Bonchev–Trinajstić information content (AvgIpc) is 2.77. The van der Waals surface area contributed by atoms with Crippen molar-refractivity contribution in [3.05, 3.63) is 11.6 Å². The topological polar surface area (TPSA) is 77.8 Å². The molecule has 8 atom stereocenters. The van der Waals surface area contributed by atoms with Crippen molar-refractivity contribution in [1.29, 1.82) is 0 Å². The third-order valence-electron chi connectivity index (χ3n) is 8.36. The fourth-order valence-electron chi connectivity index (χ4n) is 6.67. The molecule has 4 aliphatic carbocycles. The quantitative estimate of drug-likeness (QED) is 0.586. The molecule has 25 heavy (non-hydrogen) atoms. The summed E-state index contributed by atoms with van der Waals surface area (Å²) in [4.78, 5) is 13.1. The van der Waals surface area contributed by atoms with Crippen LogP contribution in [0.25, 0.3) is 0 Å². The van der Waals surface area contributed by atoms with E-state index in [0.717, 1.165) is 31.3 Å². The molecule has 0 aromatic rings. The predicted octanol–water partition coefficient (Wildman–Crippen LogP) is 1.82. The van der Waals surface area contributed by atoms with Crippen LogP contribution in [0.1, 0.15) is 52.4 Å². The van der Waals surface area contributed by atoms with Crippen molar-refractivity contribution in [1.82, 2.24) is 0 Å². The molecule has 0 amide bonds. The van der Waals surface area contributed by atoms with Crippen molar-refractivity contribution < 1.29 is 20.1 Å². The van der Waals surface area contributed by atoms with Crippen LogP contribution < -0.4 is 0 Å². The molecule has 0 heterocycles. The van der Waals surface area contributed by atoms with Gasteiger partial charge in [-0.1, -0.05) is 25.3 Å². The maximum atomic E-state index is 13.1. The Bertz CT molecular complexity index is 690. The van der Waals surface area contributed by atoms with E-state index in [4.69, 9.17) is 6.42 Å². The Morgan fingerprint density at radius 1 is 1.20 bits per heavy atom. The zero-order valence-corrected chi connectivity index (χ0v) is 15.0. The first kappa shape index (κ1) is 17.3. The van der Waals surface area contributed by atoms with E-state index in [-0.39, 0.29) is 35.1 Å². The molecule has 0 spiro atoms. The molecule has 3 saturated carbocycles. The molecule has 3 N–H and O–H groups in total. The minimum Gasteiger partial charge on any atom is -0.393 e. The maximum Gasteiger partial charge on any atom is 0.159 e. The smallest absolute Gasteiger partial charge is 0.159 e. The first-order valence-electron chi connectivity index (χ1n) is 9.48. The lowest BCUT2D eigenvalue weighted by molar-refractivity contribution is -0.143. The summed E-state index contributed by atoms with van der Waals surface area (Å²) >= 11 is 0. The zero-order chi connectivity index (χ0) is 18.2. The molecule has 3 fully saturated rings. The number of hydrogen-bond acceptors (Lipinski definition) is 4. The first-order chi connectivity index (χ1) is 11.7. The van der Waals surface area contributed by atoms with Crippen molar-refractivity contribution in [2.75, 3.05) is 0 Å². The number of allylic oxidation sites excluding steroid dienone is 1. The zero-order valence-electron chi connectivity index (χ0n) is 15.0. The summed E-state index contributed by atoms with van der Waals surface area (Å²) in [6, 6.07) is 0. The number of carbonyl (C=O) groups is 1. The van der Waals surface area contributed by atoms with Gasteiger partial charge in [-0.3, -0.25) is 4.79 Å². The van der Waals surface area contributed by atoms with Gasteiger partial charge >= 0.3 is 0 Å². The Morgan fingerprint density at radius 3 is 2.60 bits per heavy atom. The number of aliphatic hydroxyl groups excluding tert-OH is 2. The molecule has 4 heteroatoms. The molecule has 0 bridgehead atoms. The molecular weight excluding hydrogens is 316 g/mol. The van der Waals surface area contributed by atoms with Crippen molar-refractivity contribution >= 4 is 5.78 Å². The van der Waals surface area contributed by atoms with Gasteiger partial charge in [-0.05, 0) is 61.9 Å². The first-order valence-corrected chi connectivity index (χ1v) is 9.48. The van der Waals surface area contributed by atoms with Crippen LogP contribution in [0.15, 0.2) is 11.6 Å². The van der Waals surface area contributed by atoms with Gasteiger partial charge in [0, 0.05) is 11.3 Å². The normalized spacial score (nSPS) is 54.8. The van der Waals surface area contributed by atoms with E-state index in [1.165, 1.54) is 0 Å². The van der Waals surface area contributed by atoms with Crippen LogP contribution in [0.5, 0.6) is 0 Å². The second-order valence-corrected chi connectivity index (χ2v) is 9.24. The lowest BCUT2D eigenvalue weighted by Crippen LogP contribution is -2.57. The van der Waals surface area contributed by atoms with Crippen LogP contribution >= 0.6 is 0 Å². The Kier molecular flexibility index (Phi) is 3.59. The summed E-state index contributed by atoms with van der Waals surface area (Å²) in [5.74, 6) is 2.46. The second kappa shape index (κ2) is 5.19. The molecule has 0 saturated heterocycles. The van der Waals surface area contributed by atoms with Gasteiger partial charge in [-0.2, -0.15) is 0 Å².